The Balaban J connectivity index is 3.42. The number of nitrogens with zero attached hydrogens (tertiary/aromatic N) is 3. The molecule has 0 radical (unpaired) electrons. The van der Waals surface area contributed by atoms with Gasteiger partial charge in [-0.3, -0.25) is 48.5 Å². The van der Waals surface area contributed by atoms with Crippen LogP contribution in [0.3, 0.4) is 0 Å². The highest BCUT2D eigenvalue weighted by molar-refractivity contribution is 5.98. The Bertz CT molecular complexity index is 2070. The summed E-state index contributed by atoms with van der Waals surface area (Å²) in [6.45, 7) is 11.7. The highest BCUT2D eigenvalue weighted by Crippen LogP contribution is 2.13. The molecule has 27 heteroatoms. The average molecular weight is 1050 g/mol. The first-order valence-corrected chi connectivity index (χ1v) is 24.6. The van der Waals surface area contributed by atoms with Crippen molar-refractivity contribution in [2.45, 2.75) is 154 Å². The fourth-order valence-corrected chi connectivity index (χ4v) is 7.25. The van der Waals surface area contributed by atoms with E-state index in [1.165, 1.54) is 6.92 Å². The number of nitrogens with one attached hydrogen (secondary N) is 7. The summed E-state index contributed by atoms with van der Waals surface area (Å²) in [5, 5.41) is 38.7. The molecule has 0 aliphatic heterocycles. The van der Waals surface area contributed by atoms with Crippen molar-refractivity contribution in [1.82, 2.24) is 37.2 Å². The lowest BCUT2D eigenvalue weighted by molar-refractivity contribution is -0.143. The summed E-state index contributed by atoms with van der Waals surface area (Å²) in [6, 6.07) is -1.80. The van der Waals surface area contributed by atoms with Crippen LogP contribution in [0.4, 0.5) is 0 Å². The molecule has 7 amide bonds. The molecule has 0 aromatic heterocycles. The second-order valence-corrected chi connectivity index (χ2v) is 19.0. The van der Waals surface area contributed by atoms with Gasteiger partial charge in [-0.1, -0.05) is 71.9 Å². The van der Waals surface area contributed by atoms with Crippen LogP contribution in [0.5, 0.6) is 0 Å². The van der Waals surface area contributed by atoms with E-state index < -0.39 is 114 Å². The first-order chi connectivity index (χ1) is 34.6. The van der Waals surface area contributed by atoms with Crippen molar-refractivity contribution < 1.29 is 48.6 Å². The average Bonchev–Trinajstić information content (AvgIpc) is 3.30. The number of guanidine groups is 3. The number of hydrogen-bond acceptors (Lipinski definition) is 13. The molecule has 23 N–H and O–H groups in total. The molecule has 0 saturated carbocycles. The lowest BCUT2D eigenvalue weighted by Gasteiger charge is -2.30. The number of benzene rings is 1. The molecule has 27 nitrogen and oxygen atoms in total. The van der Waals surface area contributed by atoms with Crippen molar-refractivity contribution in [3.05, 3.63) is 35.9 Å². The Labute approximate surface area is 432 Å². The van der Waals surface area contributed by atoms with Gasteiger partial charge in [0.25, 0.3) is 0 Å². The van der Waals surface area contributed by atoms with E-state index in [1.54, 1.807) is 71.9 Å². The van der Waals surface area contributed by atoms with Crippen LogP contribution in [-0.2, 0) is 44.8 Å². The molecular weight excluding hydrogens is 963 g/mol. The Morgan fingerprint density at radius 3 is 1.32 bits per heavy atom. The predicted octanol–water partition coefficient (Wildman–Crippen LogP) is -4.07. The zero-order valence-corrected chi connectivity index (χ0v) is 43.6. The Kier molecular flexibility index (Phi) is 29.2. The van der Waals surface area contributed by atoms with Gasteiger partial charge in [-0.25, -0.2) is 4.79 Å². The summed E-state index contributed by atoms with van der Waals surface area (Å²) in [5.74, 6) is -8.89. The Hall–Kier alpha value is -7.29. The highest BCUT2D eigenvalue weighted by atomic mass is 16.4. The largest absolute Gasteiger partial charge is 0.480 e. The standard InChI is InChI=1S/C47H83N17O10/c1-24(2)22-32(40(69)62-35(26(5)6)42(71)64-36(27(7)65)43(72)63-34(25(3)4)41(70)59-31(44(73)74)18-13-21-57-47(53)54)60-39(68)33(23-28-14-9-8-10-15-28)61-38(67)30(17-12-20-56-46(51)52)58-37(66)29(48)16-11-19-55-45(49)50/h8-10,14-15,24-27,29-36,65H,11-13,16-23,48H2,1-7H3,(H,58,66)(H,59,70)(H,60,68)(H,61,67)(H,62,69)(H,63,72)(H,64,71)(H,73,74)(H4,49,50,55)(H4,51,52,56)(H4,53,54,57)/t27-,29+,30+,31+,32+,33+,34+,35+,36+/m1/s1. The molecule has 1 aromatic carbocycles. The summed E-state index contributed by atoms with van der Waals surface area (Å²) in [5.41, 5.74) is 39.2. The normalized spacial score (nSPS) is 14.8. The number of amides is 7. The lowest BCUT2D eigenvalue weighted by Crippen LogP contribution is -2.63. The topological polar surface area (TPSA) is 480 Å². The van der Waals surface area contributed by atoms with Gasteiger partial charge in [0.1, 0.15) is 42.3 Å². The number of carboxylic acids is 1. The SMILES string of the molecule is CC(C)C[C@H](NC(=O)[C@H](Cc1ccccc1)NC(=O)[C@H](CCCN=C(N)N)NC(=O)[C@@H](N)CCCN=C(N)N)C(=O)N[C@H](C(=O)N[C@H](C(=O)N[C@H](C(=O)N[C@@H](CCCN=C(N)N)C(=O)O)C(C)C)[C@@H](C)O)C(C)C. The molecule has 0 heterocycles. The molecule has 0 saturated heterocycles. The summed E-state index contributed by atoms with van der Waals surface area (Å²) in [6.07, 6.45) is -0.513. The van der Waals surface area contributed by atoms with Crippen molar-refractivity contribution in [2.24, 2.45) is 72.9 Å². The van der Waals surface area contributed by atoms with E-state index in [0.29, 0.717) is 12.0 Å². The monoisotopic (exact) mass is 1050 g/mol. The molecule has 9 atom stereocenters. The number of aliphatic carboxylic acids is 1. The van der Waals surface area contributed by atoms with E-state index >= 15 is 0 Å². The molecule has 1 aromatic rings. The van der Waals surface area contributed by atoms with Gasteiger partial charge < -0.3 is 87.6 Å². The number of nitrogens with two attached hydrogens (primary N) is 7. The van der Waals surface area contributed by atoms with Gasteiger partial charge in [-0.2, -0.15) is 0 Å². The number of carbonyl (C=O) groups excluding carboxylic acids is 7. The van der Waals surface area contributed by atoms with Crippen LogP contribution in [0.2, 0.25) is 0 Å². The van der Waals surface area contributed by atoms with Crippen molar-refractivity contribution in [1.29, 1.82) is 0 Å². The zero-order chi connectivity index (χ0) is 56.2. The molecule has 416 valence electrons. The summed E-state index contributed by atoms with van der Waals surface area (Å²) < 4.78 is 0. The van der Waals surface area contributed by atoms with E-state index in [-0.39, 0.29) is 88.4 Å². The van der Waals surface area contributed by atoms with E-state index in [4.69, 9.17) is 40.1 Å². The van der Waals surface area contributed by atoms with Crippen molar-refractivity contribution in [3.63, 3.8) is 0 Å². The number of aliphatic imine (C=N–C) groups is 3. The van der Waals surface area contributed by atoms with Gasteiger partial charge in [0, 0.05) is 26.1 Å². The molecule has 0 bridgehead atoms. The van der Waals surface area contributed by atoms with Gasteiger partial charge in [-0.15, -0.1) is 0 Å². The minimum absolute atomic E-state index is 0.0356. The molecule has 0 unspecified atom stereocenters. The number of carbonyl (C=O) groups is 8. The third-order valence-corrected chi connectivity index (χ3v) is 11.3. The maximum atomic E-state index is 14.4. The molecule has 1 rings (SSSR count). The maximum Gasteiger partial charge on any atom is 0.326 e. The smallest absolute Gasteiger partial charge is 0.326 e. The van der Waals surface area contributed by atoms with E-state index in [0.717, 1.165) is 0 Å². The summed E-state index contributed by atoms with van der Waals surface area (Å²) in [4.78, 5) is 121. The molecule has 0 aliphatic carbocycles. The number of rotatable bonds is 34. The van der Waals surface area contributed by atoms with E-state index in [2.05, 4.69) is 52.2 Å². The third kappa shape index (κ3) is 25.4. The Morgan fingerprint density at radius 2 is 0.865 bits per heavy atom. The van der Waals surface area contributed by atoms with Gasteiger partial charge in [-0.05, 0) is 75.2 Å². The first kappa shape index (κ1) is 64.7. The summed E-state index contributed by atoms with van der Waals surface area (Å²) in [7, 11) is 0. The van der Waals surface area contributed by atoms with Gasteiger partial charge in [0.2, 0.25) is 41.4 Å². The fraction of sp³-hybridized carbons (Fsp3) is 0.638. The predicted molar refractivity (Wildman–Crippen MR) is 280 cm³/mol. The number of hydrogen-bond donors (Lipinski definition) is 16. The second-order valence-electron chi connectivity index (χ2n) is 19.0. The van der Waals surface area contributed by atoms with Crippen molar-refractivity contribution in [2.75, 3.05) is 19.6 Å². The van der Waals surface area contributed by atoms with Crippen LogP contribution in [-0.4, -0.2) is 149 Å². The Morgan fingerprint density at radius 1 is 0.486 bits per heavy atom. The number of aliphatic hydroxyl groups excluding tert-OH is 1. The quantitative estimate of drug-likeness (QED) is 0.0177. The molecule has 0 spiro atoms. The van der Waals surface area contributed by atoms with Crippen LogP contribution in [0, 0.1) is 17.8 Å². The number of aliphatic hydroxyl groups is 1. The van der Waals surface area contributed by atoms with Crippen LogP contribution < -0.4 is 77.4 Å². The zero-order valence-electron chi connectivity index (χ0n) is 43.6. The van der Waals surface area contributed by atoms with Gasteiger partial charge in [0.15, 0.2) is 17.9 Å². The molecule has 74 heavy (non-hydrogen) atoms. The van der Waals surface area contributed by atoms with E-state index in [1.807, 2.05) is 0 Å². The molecule has 0 fully saturated rings. The molecule has 0 aliphatic rings. The minimum atomic E-state index is -1.66. The summed E-state index contributed by atoms with van der Waals surface area (Å²) >= 11 is 0. The minimum Gasteiger partial charge on any atom is -0.480 e. The van der Waals surface area contributed by atoms with Gasteiger partial charge >= 0.3 is 5.97 Å². The fourth-order valence-electron chi connectivity index (χ4n) is 7.25. The van der Waals surface area contributed by atoms with Crippen molar-refractivity contribution in [3.8, 4) is 0 Å². The second kappa shape index (κ2) is 33.4. The van der Waals surface area contributed by atoms with Gasteiger partial charge in [0.05, 0.1) is 12.1 Å². The van der Waals surface area contributed by atoms with Crippen LogP contribution in [0.15, 0.2) is 45.3 Å². The third-order valence-electron chi connectivity index (χ3n) is 11.3. The molecular formula is C47H83N17O10. The van der Waals surface area contributed by atoms with Crippen molar-refractivity contribution >= 4 is 65.2 Å². The first-order valence-electron chi connectivity index (χ1n) is 24.6. The van der Waals surface area contributed by atoms with Crippen LogP contribution >= 0.6 is 0 Å². The highest BCUT2D eigenvalue weighted by Gasteiger charge is 2.37. The maximum absolute atomic E-state index is 14.4. The van der Waals surface area contributed by atoms with Crippen LogP contribution in [0.25, 0.3) is 0 Å². The van der Waals surface area contributed by atoms with Crippen LogP contribution in [0.1, 0.15) is 99.0 Å². The number of carboxylic acid groups (broad SMARTS) is 1. The van der Waals surface area contributed by atoms with E-state index in [9.17, 15) is 48.6 Å². The lowest BCUT2D eigenvalue weighted by atomic mass is 9.98.